The lowest BCUT2D eigenvalue weighted by molar-refractivity contribution is -0.123. The highest BCUT2D eigenvalue weighted by atomic mass is 127. The summed E-state index contributed by atoms with van der Waals surface area (Å²) in [5, 5.41) is 10.0. The number of hydrogen-bond donors (Lipinski definition) is 1. The average molecular weight is 506 g/mol. The number of hydrogen-bond acceptors (Lipinski definition) is 4. The predicted molar refractivity (Wildman–Crippen MR) is 109 cm³/mol. The first-order chi connectivity index (χ1) is 11.8. The molecule has 1 saturated heterocycles. The van der Waals surface area contributed by atoms with E-state index in [1.54, 1.807) is 42.5 Å². The Labute approximate surface area is 171 Å². The molecule has 0 bridgehead atoms. The molecule has 1 N–H and O–H groups in total. The van der Waals surface area contributed by atoms with E-state index in [9.17, 15) is 14.7 Å². The molecule has 8 heteroatoms. The number of nitrogens with zero attached hydrogens (tertiary/aromatic N) is 1. The van der Waals surface area contributed by atoms with E-state index in [-0.39, 0.29) is 23.4 Å². The van der Waals surface area contributed by atoms with Crippen molar-refractivity contribution in [1.29, 1.82) is 0 Å². The summed E-state index contributed by atoms with van der Waals surface area (Å²) in [5.74, 6) is -0.186. The van der Waals surface area contributed by atoms with Crippen LogP contribution in [0.15, 0.2) is 41.3 Å². The first-order valence-corrected chi connectivity index (χ1v) is 9.68. The van der Waals surface area contributed by atoms with E-state index < -0.39 is 0 Å². The van der Waals surface area contributed by atoms with E-state index in [0.29, 0.717) is 18.5 Å². The van der Waals surface area contributed by atoms with Crippen molar-refractivity contribution < 1.29 is 14.7 Å². The molecule has 1 fully saturated rings. The fraction of sp³-hybridized carbons (Fsp3) is 0.0588. The van der Waals surface area contributed by atoms with Crippen molar-refractivity contribution in [3.63, 3.8) is 0 Å². The number of thioether (sulfide) groups is 1. The molecule has 2 amide bonds. The van der Waals surface area contributed by atoms with Gasteiger partial charge in [0, 0.05) is 0 Å². The smallest absolute Gasteiger partial charge is 0.293 e. The van der Waals surface area contributed by atoms with Crippen LogP contribution in [0.5, 0.6) is 5.75 Å². The molecule has 0 radical (unpaired) electrons. The molecule has 0 saturated carbocycles. The number of imide groups is 1. The van der Waals surface area contributed by atoms with E-state index >= 15 is 0 Å². The number of phenolic OH excluding ortho intramolecular Hbond substituents is 1. The van der Waals surface area contributed by atoms with Gasteiger partial charge in [-0.1, -0.05) is 35.3 Å². The lowest BCUT2D eigenvalue weighted by atomic mass is 10.2. The number of amides is 2. The van der Waals surface area contributed by atoms with Crippen LogP contribution >= 0.6 is 57.6 Å². The molecule has 0 aliphatic carbocycles. The van der Waals surface area contributed by atoms with E-state index in [2.05, 4.69) is 0 Å². The van der Waals surface area contributed by atoms with Gasteiger partial charge in [0.2, 0.25) is 0 Å². The molecular weight excluding hydrogens is 496 g/mol. The van der Waals surface area contributed by atoms with Crippen LogP contribution in [-0.2, 0) is 11.3 Å². The highest BCUT2D eigenvalue weighted by molar-refractivity contribution is 14.1. The summed E-state index contributed by atoms with van der Waals surface area (Å²) in [6.45, 7) is 0.131. The van der Waals surface area contributed by atoms with Crippen LogP contribution in [0.1, 0.15) is 11.1 Å². The number of benzene rings is 2. The number of halogens is 3. The third-order valence-corrected chi connectivity index (χ3v) is 5.98. The normalized spacial score (nSPS) is 16.1. The molecule has 1 heterocycles. The Bertz CT molecular complexity index is 917. The lowest BCUT2D eigenvalue weighted by Crippen LogP contribution is -2.27. The van der Waals surface area contributed by atoms with Gasteiger partial charge in [0.05, 0.1) is 25.1 Å². The van der Waals surface area contributed by atoms with Crippen molar-refractivity contribution in [3.8, 4) is 5.75 Å². The van der Waals surface area contributed by atoms with Gasteiger partial charge in [0.25, 0.3) is 11.1 Å². The summed E-state index contributed by atoms with van der Waals surface area (Å²) in [4.78, 5) is 26.2. The zero-order valence-corrected chi connectivity index (χ0v) is 17.0. The average Bonchev–Trinajstić information content (AvgIpc) is 2.82. The monoisotopic (exact) mass is 505 g/mol. The van der Waals surface area contributed by atoms with E-state index in [1.807, 2.05) is 22.6 Å². The van der Waals surface area contributed by atoms with Crippen LogP contribution < -0.4 is 0 Å². The molecule has 25 heavy (non-hydrogen) atoms. The summed E-state index contributed by atoms with van der Waals surface area (Å²) in [6.07, 6.45) is 1.64. The van der Waals surface area contributed by atoms with Gasteiger partial charge in [-0.3, -0.25) is 14.5 Å². The third kappa shape index (κ3) is 4.13. The maximum atomic E-state index is 12.5. The van der Waals surface area contributed by atoms with Gasteiger partial charge >= 0.3 is 0 Å². The molecule has 4 nitrogen and oxygen atoms in total. The van der Waals surface area contributed by atoms with Crippen molar-refractivity contribution in [2.75, 3.05) is 0 Å². The number of carbonyl (C=O) groups excluding carboxylic acids is 2. The largest absolute Gasteiger partial charge is 0.507 e. The fourth-order valence-electron chi connectivity index (χ4n) is 2.22. The van der Waals surface area contributed by atoms with Crippen LogP contribution in [0, 0.1) is 3.57 Å². The molecule has 0 unspecified atom stereocenters. The minimum absolute atomic E-state index is 0.131. The van der Waals surface area contributed by atoms with Crippen molar-refractivity contribution in [2.24, 2.45) is 0 Å². The Balaban J connectivity index is 1.83. The molecule has 1 aliphatic heterocycles. The minimum Gasteiger partial charge on any atom is -0.507 e. The van der Waals surface area contributed by atoms with Crippen molar-refractivity contribution in [3.05, 3.63) is 66.0 Å². The zero-order valence-electron chi connectivity index (χ0n) is 12.5. The van der Waals surface area contributed by atoms with Crippen LogP contribution in [-0.4, -0.2) is 21.2 Å². The maximum absolute atomic E-state index is 12.5. The van der Waals surface area contributed by atoms with E-state index in [4.69, 9.17) is 23.2 Å². The number of phenols is 1. The lowest BCUT2D eigenvalue weighted by Gasteiger charge is -2.12. The van der Waals surface area contributed by atoms with Crippen molar-refractivity contribution in [1.82, 2.24) is 4.90 Å². The molecular formula is C17H10Cl2INO3S. The van der Waals surface area contributed by atoms with Gasteiger partial charge in [-0.15, -0.1) is 0 Å². The van der Waals surface area contributed by atoms with Crippen molar-refractivity contribution in [2.45, 2.75) is 6.54 Å². The zero-order chi connectivity index (χ0) is 18.1. The topological polar surface area (TPSA) is 57.6 Å². The first kappa shape index (κ1) is 18.6. The van der Waals surface area contributed by atoms with Gasteiger partial charge in [-0.2, -0.15) is 0 Å². The summed E-state index contributed by atoms with van der Waals surface area (Å²) < 4.78 is 0.668. The SMILES string of the molecule is O=C1S/C(=C\c2ccc(O)c(I)c2)C(=O)N1Cc1ccc(Cl)c(Cl)c1. The minimum atomic E-state index is -0.357. The second-order valence-corrected chi connectivity index (χ2v) is 8.20. The highest BCUT2D eigenvalue weighted by Crippen LogP contribution is 2.34. The predicted octanol–water partition coefficient (Wildman–Crippen LogP) is 5.54. The number of rotatable bonds is 3. The Morgan fingerprint density at radius 2 is 1.88 bits per heavy atom. The van der Waals surface area contributed by atoms with Gasteiger partial charge in [-0.25, -0.2) is 0 Å². The second-order valence-electron chi connectivity index (χ2n) is 5.23. The Kier molecular flexibility index (Phi) is 5.62. The Morgan fingerprint density at radius 3 is 2.56 bits per heavy atom. The maximum Gasteiger partial charge on any atom is 0.293 e. The Hall–Kier alpha value is -1.22. The third-order valence-electron chi connectivity index (χ3n) is 3.47. The van der Waals surface area contributed by atoms with Crippen LogP contribution in [0.4, 0.5) is 4.79 Å². The van der Waals surface area contributed by atoms with E-state index in [1.165, 1.54) is 4.90 Å². The molecule has 0 atom stereocenters. The summed E-state index contributed by atoms with van der Waals surface area (Å²) in [7, 11) is 0. The molecule has 3 rings (SSSR count). The van der Waals surface area contributed by atoms with Gasteiger partial charge in [0.1, 0.15) is 5.75 Å². The summed E-state index contributed by atoms with van der Waals surface area (Å²) in [6, 6.07) is 9.97. The first-order valence-electron chi connectivity index (χ1n) is 7.03. The highest BCUT2D eigenvalue weighted by Gasteiger charge is 2.35. The number of carbonyl (C=O) groups is 2. The quantitative estimate of drug-likeness (QED) is 0.439. The van der Waals surface area contributed by atoms with Crippen LogP contribution in [0.3, 0.4) is 0 Å². The number of aromatic hydroxyl groups is 1. The molecule has 1 aliphatic rings. The second kappa shape index (κ2) is 7.57. The van der Waals surface area contributed by atoms with E-state index in [0.717, 1.165) is 22.9 Å². The summed E-state index contributed by atoms with van der Waals surface area (Å²) in [5.41, 5.74) is 1.46. The standard InChI is InChI=1S/C17H10Cl2INO3S/c18-11-3-1-10(5-12(11)19)8-21-16(23)15(25-17(21)24)7-9-2-4-14(22)13(20)6-9/h1-7,22H,8H2/b15-7-. The molecule has 0 spiro atoms. The molecule has 128 valence electrons. The summed E-state index contributed by atoms with van der Waals surface area (Å²) >= 11 is 14.7. The van der Waals surface area contributed by atoms with Crippen LogP contribution in [0.25, 0.3) is 6.08 Å². The molecule has 2 aromatic carbocycles. The molecule has 2 aromatic rings. The molecule has 0 aromatic heterocycles. The van der Waals surface area contributed by atoms with Gasteiger partial charge in [0.15, 0.2) is 0 Å². The Morgan fingerprint density at radius 1 is 1.12 bits per heavy atom. The van der Waals surface area contributed by atoms with Gasteiger partial charge in [-0.05, 0) is 75.8 Å². The van der Waals surface area contributed by atoms with Gasteiger partial charge < -0.3 is 5.11 Å². The fourth-order valence-corrected chi connectivity index (χ4v) is 3.92. The van der Waals surface area contributed by atoms with Crippen LogP contribution in [0.2, 0.25) is 10.0 Å². The van der Waals surface area contributed by atoms with Crippen molar-refractivity contribution >= 4 is 74.8 Å².